The van der Waals surface area contributed by atoms with E-state index in [4.69, 9.17) is 4.74 Å². The molecular formula is C15H22BrN3O. The first-order valence-corrected chi connectivity index (χ1v) is 8.23. The zero-order valence-corrected chi connectivity index (χ0v) is 13.6. The SMILES string of the molecule is CC1CN(C2CCN(c3cncc(Br)c3)CC2)CCO1. The summed E-state index contributed by atoms with van der Waals surface area (Å²) in [6, 6.07) is 2.88. The molecule has 0 aliphatic carbocycles. The second-order valence-corrected chi connectivity index (χ2v) is 6.67. The van der Waals surface area contributed by atoms with Crippen LogP contribution in [0.1, 0.15) is 19.8 Å². The van der Waals surface area contributed by atoms with Crippen molar-refractivity contribution in [3.8, 4) is 0 Å². The van der Waals surface area contributed by atoms with Crippen molar-refractivity contribution in [1.82, 2.24) is 9.88 Å². The molecule has 0 aromatic carbocycles. The molecule has 0 spiro atoms. The van der Waals surface area contributed by atoms with Gasteiger partial charge < -0.3 is 9.64 Å². The Labute approximate surface area is 129 Å². The van der Waals surface area contributed by atoms with Gasteiger partial charge in [-0.3, -0.25) is 9.88 Å². The summed E-state index contributed by atoms with van der Waals surface area (Å²) >= 11 is 3.50. The monoisotopic (exact) mass is 339 g/mol. The Kier molecular flexibility index (Phi) is 4.58. The molecule has 1 atom stereocenters. The zero-order valence-electron chi connectivity index (χ0n) is 12.0. The number of morpholine rings is 1. The van der Waals surface area contributed by atoms with E-state index in [1.165, 1.54) is 18.5 Å². The molecule has 2 saturated heterocycles. The van der Waals surface area contributed by atoms with E-state index < -0.39 is 0 Å². The third kappa shape index (κ3) is 3.32. The number of pyridine rings is 1. The Morgan fingerprint density at radius 2 is 2.05 bits per heavy atom. The third-order valence-corrected chi connectivity index (χ3v) is 4.74. The van der Waals surface area contributed by atoms with E-state index in [0.717, 1.165) is 43.3 Å². The predicted octanol–water partition coefficient (Wildman–Crippen LogP) is 2.53. The van der Waals surface area contributed by atoms with Crippen LogP contribution in [-0.4, -0.2) is 54.8 Å². The minimum Gasteiger partial charge on any atom is -0.376 e. The Morgan fingerprint density at radius 3 is 2.75 bits per heavy atom. The normalized spacial score (nSPS) is 25.9. The molecule has 3 rings (SSSR count). The van der Waals surface area contributed by atoms with Crippen LogP contribution in [0.3, 0.4) is 0 Å². The van der Waals surface area contributed by atoms with E-state index in [9.17, 15) is 0 Å². The fourth-order valence-corrected chi connectivity index (χ4v) is 3.59. The molecule has 2 fully saturated rings. The Balaban J connectivity index is 1.56. The van der Waals surface area contributed by atoms with Gasteiger partial charge in [-0.25, -0.2) is 0 Å². The maximum Gasteiger partial charge on any atom is 0.0674 e. The van der Waals surface area contributed by atoms with Crippen LogP contribution in [0.2, 0.25) is 0 Å². The standard InChI is InChI=1S/C15H22BrN3O/c1-12-11-19(6-7-20-12)14-2-4-18(5-3-14)15-8-13(16)9-17-10-15/h8-10,12,14H,2-7,11H2,1H3. The Hall–Kier alpha value is -0.650. The van der Waals surface area contributed by atoms with E-state index in [1.54, 1.807) is 0 Å². The second kappa shape index (κ2) is 6.41. The van der Waals surface area contributed by atoms with E-state index in [2.05, 4.69) is 43.7 Å². The fraction of sp³-hybridized carbons (Fsp3) is 0.667. The highest BCUT2D eigenvalue weighted by Gasteiger charge is 2.27. The average molecular weight is 340 g/mol. The molecule has 1 unspecified atom stereocenters. The average Bonchev–Trinajstić information content (AvgIpc) is 2.47. The van der Waals surface area contributed by atoms with E-state index >= 15 is 0 Å². The number of hydrogen-bond donors (Lipinski definition) is 0. The Bertz CT molecular complexity index is 448. The smallest absolute Gasteiger partial charge is 0.0674 e. The van der Waals surface area contributed by atoms with Gasteiger partial charge in [0.05, 0.1) is 24.6 Å². The van der Waals surface area contributed by atoms with Crippen molar-refractivity contribution in [2.45, 2.75) is 31.9 Å². The summed E-state index contributed by atoms with van der Waals surface area (Å²) in [5.41, 5.74) is 1.23. The van der Waals surface area contributed by atoms with Gasteiger partial charge in [0, 0.05) is 42.9 Å². The molecule has 5 heteroatoms. The molecule has 0 N–H and O–H groups in total. The van der Waals surface area contributed by atoms with E-state index in [-0.39, 0.29) is 0 Å². The van der Waals surface area contributed by atoms with Gasteiger partial charge in [-0.2, -0.15) is 0 Å². The van der Waals surface area contributed by atoms with Crippen LogP contribution in [0.4, 0.5) is 5.69 Å². The van der Waals surface area contributed by atoms with Crippen LogP contribution in [0.25, 0.3) is 0 Å². The molecule has 1 aromatic heterocycles. The first-order valence-electron chi connectivity index (χ1n) is 7.43. The summed E-state index contributed by atoms with van der Waals surface area (Å²) in [6.07, 6.45) is 6.65. The lowest BCUT2D eigenvalue weighted by molar-refractivity contribution is -0.0373. The number of halogens is 1. The summed E-state index contributed by atoms with van der Waals surface area (Å²) < 4.78 is 6.69. The van der Waals surface area contributed by atoms with Gasteiger partial charge >= 0.3 is 0 Å². The molecule has 0 bridgehead atoms. The number of hydrogen-bond acceptors (Lipinski definition) is 4. The molecule has 2 aliphatic rings. The van der Waals surface area contributed by atoms with Gasteiger partial charge in [-0.05, 0) is 41.8 Å². The van der Waals surface area contributed by atoms with Crippen LogP contribution < -0.4 is 4.90 Å². The molecule has 1 aromatic rings. The van der Waals surface area contributed by atoms with Crippen LogP contribution in [-0.2, 0) is 4.74 Å². The number of anilines is 1. The van der Waals surface area contributed by atoms with Crippen molar-refractivity contribution in [2.24, 2.45) is 0 Å². The van der Waals surface area contributed by atoms with Crippen molar-refractivity contribution >= 4 is 21.6 Å². The summed E-state index contributed by atoms with van der Waals surface area (Å²) in [7, 11) is 0. The van der Waals surface area contributed by atoms with Crippen molar-refractivity contribution in [3.05, 3.63) is 22.9 Å². The van der Waals surface area contributed by atoms with Crippen LogP contribution in [0.15, 0.2) is 22.9 Å². The molecule has 20 heavy (non-hydrogen) atoms. The van der Waals surface area contributed by atoms with Crippen molar-refractivity contribution in [2.75, 3.05) is 37.7 Å². The van der Waals surface area contributed by atoms with Gasteiger partial charge in [0.2, 0.25) is 0 Å². The summed E-state index contributed by atoms with van der Waals surface area (Å²) in [5.74, 6) is 0. The first kappa shape index (κ1) is 14.3. The van der Waals surface area contributed by atoms with Gasteiger partial charge in [-0.1, -0.05) is 0 Å². The van der Waals surface area contributed by atoms with Gasteiger partial charge in [0.25, 0.3) is 0 Å². The Morgan fingerprint density at radius 1 is 1.25 bits per heavy atom. The predicted molar refractivity (Wildman–Crippen MR) is 84.2 cm³/mol. The number of piperidine rings is 1. The third-order valence-electron chi connectivity index (χ3n) is 4.31. The van der Waals surface area contributed by atoms with Crippen LogP contribution in [0.5, 0.6) is 0 Å². The van der Waals surface area contributed by atoms with Crippen molar-refractivity contribution < 1.29 is 4.74 Å². The molecule has 0 amide bonds. The molecule has 0 radical (unpaired) electrons. The maximum absolute atomic E-state index is 5.64. The zero-order chi connectivity index (χ0) is 13.9. The molecule has 0 saturated carbocycles. The van der Waals surface area contributed by atoms with Crippen molar-refractivity contribution in [3.63, 3.8) is 0 Å². The lowest BCUT2D eigenvalue weighted by Gasteiger charge is -2.42. The molecule has 110 valence electrons. The van der Waals surface area contributed by atoms with E-state index in [0.29, 0.717) is 6.10 Å². The minimum atomic E-state index is 0.385. The first-order chi connectivity index (χ1) is 9.72. The highest BCUT2D eigenvalue weighted by molar-refractivity contribution is 9.10. The molecular weight excluding hydrogens is 318 g/mol. The molecule has 2 aliphatic heterocycles. The maximum atomic E-state index is 5.64. The van der Waals surface area contributed by atoms with Crippen molar-refractivity contribution in [1.29, 1.82) is 0 Å². The number of nitrogens with zero attached hydrogens (tertiary/aromatic N) is 3. The topological polar surface area (TPSA) is 28.6 Å². The summed E-state index contributed by atoms with van der Waals surface area (Å²) in [6.45, 7) is 7.48. The highest BCUT2D eigenvalue weighted by atomic mass is 79.9. The van der Waals surface area contributed by atoms with E-state index in [1.807, 2.05) is 12.4 Å². The number of rotatable bonds is 2. The lowest BCUT2D eigenvalue weighted by Crippen LogP contribution is -2.51. The number of ether oxygens (including phenoxy) is 1. The summed E-state index contributed by atoms with van der Waals surface area (Å²) in [5, 5.41) is 0. The fourth-order valence-electron chi connectivity index (χ4n) is 3.24. The quantitative estimate of drug-likeness (QED) is 0.827. The molecule has 4 nitrogen and oxygen atoms in total. The highest BCUT2D eigenvalue weighted by Crippen LogP contribution is 2.25. The minimum absolute atomic E-state index is 0.385. The van der Waals surface area contributed by atoms with Gasteiger partial charge in [0.15, 0.2) is 0 Å². The lowest BCUT2D eigenvalue weighted by atomic mass is 10.0. The van der Waals surface area contributed by atoms with Gasteiger partial charge in [-0.15, -0.1) is 0 Å². The number of aromatic nitrogens is 1. The van der Waals surface area contributed by atoms with Crippen LogP contribution >= 0.6 is 15.9 Å². The largest absolute Gasteiger partial charge is 0.376 e. The molecule has 3 heterocycles. The summed E-state index contributed by atoms with van der Waals surface area (Å²) in [4.78, 5) is 9.32. The van der Waals surface area contributed by atoms with Gasteiger partial charge in [0.1, 0.15) is 0 Å². The second-order valence-electron chi connectivity index (χ2n) is 5.76. The van der Waals surface area contributed by atoms with Crippen LogP contribution in [0, 0.1) is 0 Å².